The van der Waals surface area contributed by atoms with Crippen molar-refractivity contribution < 1.29 is 4.74 Å². The molecule has 0 bridgehead atoms. The van der Waals surface area contributed by atoms with Crippen LogP contribution in [0.15, 0.2) is 61.1 Å². The predicted molar refractivity (Wildman–Crippen MR) is 126 cm³/mol. The zero-order valence-corrected chi connectivity index (χ0v) is 18.6. The van der Waals surface area contributed by atoms with Crippen molar-refractivity contribution in [1.82, 2.24) is 24.3 Å². The third kappa shape index (κ3) is 3.70. The topological polar surface area (TPSA) is 81.5 Å². The van der Waals surface area contributed by atoms with E-state index in [0.717, 1.165) is 47.6 Å². The molecule has 2 aromatic carbocycles. The van der Waals surface area contributed by atoms with Gasteiger partial charge < -0.3 is 9.30 Å². The molecule has 0 aliphatic carbocycles. The lowest BCUT2D eigenvalue weighted by molar-refractivity contribution is 0.393. The number of hydrogen-bond acceptors (Lipinski definition) is 5. The van der Waals surface area contributed by atoms with Gasteiger partial charge in [-0.05, 0) is 49.1 Å². The number of fused-ring (bicyclic) bond motifs is 1. The molecule has 3 heterocycles. The average molecular weight is 437 g/mol. The van der Waals surface area contributed by atoms with Crippen LogP contribution in [0.25, 0.3) is 17.8 Å². The Hall–Kier alpha value is -4.18. The monoisotopic (exact) mass is 436 g/mol. The van der Waals surface area contributed by atoms with E-state index < -0.39 is 5.41 Å². The molecule has 0 N–H and O–H groups in total. The van der Waals surface area contributed by atoms with E-state index in [4.69, 9.17) is 9.72 Å². The highest BCUT2D eigenvalue weighted by Crippen LogP contribution is 2.38. The van der Waals surface area contributed by atoms with Gasteiger partial charge in [0.25, 0.3) is 0 Å². The second kappa shape index (κ2) is 8.40. The first-order chi connectivity index (χ1) is 16.1. The third-order valence-corrected chi connectivity index (χ3v) is 6.07. The van der Waals surface area contributed by atoms with Crippen LogP contribution in [-0.2, 0) is 12.0 Å². The predicted octanol–water partition coefficient (Wildman–Crippen LogP) is 4.55. The van der Waals surface area contributed by atoms with E-state index in [1.54, 1.807) is 13.4 Å². The van der Waals surface area contributed by atoms with Gasteiger partial charge >= 0.3 is 0 Å². The maximum Gasteiger partial charge on any atom is 0.174 e. The first-order valence-electron chi connectivity index (χ1n) is 10.9. The summed E-state index contributed by atoms with van der Waals surface area (Å²) in [5.41, 5.74) is 3.03. The van der Waals surface area contributed by atoms with E-state index >= 15 is 0 Å². The standard InChI is InChI=1S/C26H24N6O/c1-19-16-31(18-28-19)22-11-9-20(15-23(22)33-2)10-12-24-29-25-26(17-27,13-6-14-32(25)30-24)21-7-4-3-5-8-21/h3-5,7-12,15-16,18H,6,13-14H2,1-2H3/b12-10+/t26-/m1/s1. The summed E-state index contributed by atoms with van der Waals surface area (Å²) in [6, 6.07) is 18.4. The lowest BCUT2D eigenvalue weighted by atomic mass is 9.75. The molecule has 7 nitrogen and oxygen atoms in total. The molecule has 0 fully saturated rings. The Morgan fingerprint density at radius 1 is 1.15 bits per heavy atom. The molecule has 164 valence electrons. The zero-order chi connectivity index (χ0) is 22.8. The molecule has 0 saturated carbocycles. The summed E-state index contributed by atoms with van der Waals surface area (Å²) >= 11 is 0. The minimum absolute atomic E-state index is 0.593. The van der Waals surface area contributed by atoms with Gasteiger partial charge in [0.2, 0.25) is 0 Å². The van der Waals surface area contributed by atoms with Crippen LogP contribution in [-0.4, -0.2) is 31.4 Å². The van der Waals surface area contributed by atoms with Crippen molar-refractivity contribution in [3.63, 3.8) is 0 Å². The molecule has 0 spiro atoms. The summed E-state index contributed by atoms with van der Waals surface area (Å²) in [4.78, 5) is 9.07. The van der Waals surface area contributed by atoms with Crippen molar-refractivity contribution in [2.24, 2.45) is 0 Å². The van der Waals surface area contributed by atoms with Crippen LogP contribution in [0.2, 0.25) is 0 Å². The summed E-state index contributed by atoms with van der Waals surface area (Å²) in [7, 11) is 1.66. The van der Waals surface area contributed by atoms with Crippen molar-refractivity contribution in [2.45, 2.75) is 31.7 Å². The number of rotatable bonds is 5. The van der Waals surface area contributed by atoms with Gasteiger partial charge in [0.1, 0.15) is 11.2 Å². The fourth-order valence-corrected chi connectivity index (χ4v) is 4.41. The van der Waals surface area contributed by atoms with Crippen LogP contribution in [0.4, 0.5) is 0 Å². The van der Waals surface area contributed by atoms with Crippen molar-refractivity contribution in [3.05, 3.63) is 89.5 Å². The number of nitrogens with zero attached hydrogens (tertiary/aromatic N) is 6. The summed E-state index contributed by atoms with van der Waals surface area (Å²) in [6.45, 7) is 2.72. The number of benzene rings is 2. The fourth-order valence-electron chi connectivity index (χ4n) is 4.41. The third-order valence-electron chi connectivity index (χ3n) is 6.07. The molecule has 1 aliphatic rings. The van der Waals surface area contributed by atoms with Gasteiger partial charge in [0.15, 0.2) is 11.6 Å². The highest BCUT2D eigenvalue weighted by Gasteiger charge is 2.41. The zero-order valence-electron chi connectivity index (χ0n) is 18.6. The Bertz CT molecular complexity index is 1360. The van der Waals surface area contributed by atoms with Gasteiger partial charge in [0, 0.05) is 12.7 Å². The summed E-state index contributed by atoms with van der Waals surface area (Å²) in [5.74, 6) is 2.06. The highest BCUT2D eigenvalue weighted by atomic mass is 16.5. The lowest BCUT2D eigenvalue weighted by Gasteiger charge is -2.30. The van der Waals surface area contributed by atoms with E-state index in [1.807, 2.05) is 83.1 Å². The molecule has 1 atom stereocenters. The normalized spacial score (nSPS) is 17.6. The molecule has 0 radical (unpaired) electrons. The molecule has 1 aliphatic heterocycles. The van der Waals surface area contributed by atoms with E-state index in [1.165, 1.54) is 0 Å². The van der Waals surface area contributed by atoms with E-state index in [9.17, 15) is 5.26 Å². The number of nitriles is 1. The molecule has 7 heteroatoms. The van der Waals surface area contributed by atoms with Gasteiger partial charge in [-0.15, -0.1) is 0 Å². The van der Waals surface area contributed by atoms with Crippen LogP contribution in [0, 0.1) is 18.3 Å². The Kier molecular flexibility index (Phi) is 5.27. The van der Waals surface area contributed by atoms with Crippen LogP contribution >= 0.6 is 0 Å². The van der Waals surface area contributed by atoms with Crippen LogP contribution in [0.3, 0.4) is 0 Å². The Morgan fingerprint density at radius 2 is 2.00 bits per heavy atom. The number of ether oxygens (including phenoxy) is 1. The van der Waals surface area contributed by atoms with Gasteiger partial charge in [0.05, 0.1) is 30.9 Å². The second-order valence-corrected chi connectivity index (χ2v) is 8.19. The van der Waals surface area contributed by atoms with Gasteiger partial charge in [-0.2, -0.15) is 10.4 Å². The first kappa shape index (κ1) is 20.7. The van der Waals surface area contributed by atoms with Crippen molar-refractivity contribution >= 4 is 12.2 Å². The molecule has 5 rings (SSSR count). The quantitative estimate of drug-likeness (QED) is 0.458. The summed E-state index contributed by atoms with van der Waals surface area (Å²) in [6.07, 6.45) is 9.20. The van der Waals surface area contributed by atoms with Crippen LogP contribution < -0.4 is 4.74 Å². The molecular weight excluding hydrogens is 412 g/mol. The van der Waals surface area contributed by atoms with Crippen LogP contribution in [0.5, 0.6) is 5.75 Å². The highest BCUT2D eigenvalue weighted by molar-refractivity contribution is 5.69. The summed E-state index contributed by atoms with van der Waals surface area (Å²) < 4.78 is 9.43. The van der Waals surface area contributed by atoms with E-state index in [0.29, 0.717) is 11.6 Å². The van der Waals surface area contributed by atoms with Crippen molar-refractivity contribution in [2.75, 3.05) is 7.11 Å². The fraction of sp³-hybridized carbons (Fsp3) is 0.231. The van der Waals surface area contributed by atoms with Crippen molar-refractivity contribution in [1.29, 1.82) is 5.26 Å². The van der Waals surface area contributed by atoms with Gasteiger partial charge in [-0.25, -0.2) is 14.6 Å². The SMILES string of the molecule is COc1cc(/C=C/c2nc3n(n2)CCC[C@@]3(C#N)c2ccccc2)ccc1-n1cnc(C)c1. The summed E-state index contributed by atoms with van der Waals surface area (Å²) in [5, 5.41) is 14.8. The first-order valence-corrected chi connectivity index (χ1v) is 10.9. The van der Waals surface area contributed by atoms with E-state index in [-0.39, 0.29) is 0 Å². The average Bonchev–Trinajstić information content (AvgIpc) is 3.49. The molecule has 2 aromatic heterocycles. The molecule has 0 amide bonds. The maximum absolute atomic E-state index is 10.2. The second-order valence-electron chi connectivity index (χ2n) is 8.19. The van der Waals surface area contributed by atoms with Crippen molar-refractivity contribution in [3.8, 4) is 17.5 Å². The number of imidazole rings is 1. The molecular formula is C26H24N6O. The number of hydrogen-bond donors (Lipinski definition) is 0. The van der Waals surface area contributed by atoms with Gasteiger partial charge in [-0.1, -0.05) is 42.5 Å². The minimum Gasteiger partial charge on any atom is -0.495 e. The Balaban J connectivity index is 1.46. The molecule has 4 aromatic rings. The molecule has 0 saturated heterocycles. The number of methoxy groups -OCH3 is 1. The largest absolute Gasteiger partial charge is 0.495 e. The molecule has 0 unspecified atom stereocenters. The Morgan fingerprint density at radius 3 is 2.73 bits per heavy atom. The number of aromatic nitrogens is 5. The lowest BCUT2D eigenvalue weighted by Crippen LogP contribution is -2.34. The molecule has 33 heavy (non-hydrogen) atoms. The van der Waals surface area contributed by atoms with E-state index in [2.05, 4.69) is 16.2 Å². The van der Waals surface area contributed by atoms with Gasteiger partial charge in [-0.3, -0.25) is 0 Å². The minimum atomic E-state index is -0.771. The maximum atomic E-state index is 10.2. The number of aryl methyl sites for hydroxylation is 2. The smallest absolute Gasteiger partial charge is 0.174 e. The Labute approximate surface area is 192 Å². The van der Waals surface area contributed by atoms with Crippen LogP contribution in [0.1, 0.15) is 41.3 Å².